The predicted octanol–water partition coefficient (Wildman–Crippen LogP) is 3.11. The zero-order valence-electron chi connectivity index (χ0n) is 5.82. The first-order chi connectivity index (χ1) is 5.11. The van der Waals surface area contributed by atoms with Crippen LogP contribution in [-0.2, 0) is 0 Å². The van der Waals surface area contributed by atoms with E-state index in [4.69, 9.17) is 11.6 Å². The minimum Gasteiger partial charge on any atom is -0.294 e. The van der Waals surface area contributed by atoms with Crippen molar-refractivity contribution in [3.05, 3.63) is 33.3 Å². The molecular formula is C8H5BrClO. The molecule has 1 rings (SSSR count). The molecule has 0 fully saturated rings. The molecule has 0 amide bonds. The van der Waals surface area contributed by atoms with Crippen molar-refractivity contribution in [2.24, 2.45) is 0 Å². The summed E-state index contributed by atoms with van der Waals surface area (Å²) in [5.41, 5.74) is 0.440. The lowest BCUT2D eigenvalue weighted by atomic mass is 10.1. The van der Waals surface area contributed by atoms with Crippen molar-refractivity contribution >= 4 is 33.3 Å². The van der Waals surface area contributed by atoms with Crippen molar-refractivity contribution in [2.75, 3.05) is 0 Å². The van der Waals surface area contributed by atoms with E-state index in [0.717, 1.165) is 4.47 Å². The lowest BCUT2D eigenvalue weighted by Gasteiger charge is -1.97. The molecule has 1 nitrogen and oxygen atoms in total. The molecule has 0 atom stereocenters. The molecule has 11 heavy (non-hydrogen) atoms. The highest BCUT2D eigenvalue weighted by molar-refractivity contribution is 9.10. The lowest BCUT2D eigenvalue weighted by Crippen LogP contribution is -1.92. The number of benzene rings is 1. The molecule has 0 spiro atoms. The lowest BCUT2D eigenvalue weighted by molar-refractivity contribution is 0.101. The summed E-state index contributed by atoms with van der Waals surface area (Å²) >= 11 is 8.96. The average Bonchev–Trinajstić information content (AvgIpc) is 1.85. The Hall–Kier alpha value is -0.340. The molecule has 0 aliphatic heterocycles. The summed E-state index contributed by atoms with van der Waals surface area (Å²) in [4.78, 5) is 10.8. The van der Waals surface area contributed by atoms with Gasteiger partial charge >= 0.3 is 0 Å². The number of hydrogen-bond donors (Lipinski definition) is 0. The standard InChI is InChI=1S/C8H5BrClO/c1-5(11)7-3-2-6(9)4-8(7)10/h2,4H,1H3. The normalized spacial score (nSPS) is 9.73. The average molecular weight is 232 g/mol. The van der Waals surface area contributed by atoms with Gasteiger partial charge in [0.25, 0.3) is 0 Å². The molecule has 1 aromatic rings. The van der Waals surface area contributed by atoms with Gasteiger partial charge in [0.1, 0.15) is 0 Å². The zero-order chi connectivity index (χ0) is 8.43. The summed E-state index contributed by atoms with van der Waals surface area (Å²) < 4.78 is 0.826. The molecule has 57 valence electrons. The smallest absolute Gasteiger partial charge is 0.161 e. The van der Waals surface area contributed by atoms with Crippen LogP contribution in [0.3, 0.4) is 0 Å². The van der Waals surface area contributed by atoms with E-state index < -0.39 is 0 Å². The number of ketones is 1. The van der Waals surface area contributed by atoms with Gasteiger partial charge in [0.2, 0.25) is 0 Å². The Balaban J connectivity index is 3.20. The molecule has 0 aromatic heterocycles. The molecule has 0 saturated carbocycles. The summed E-state index contributed by atoms with van der Waals surface area (Å²) in [5, 5.41) is 0.437. The van der Waals surface area contributed by atoms with Gasteiger partial charge in [0.15, 0.2) is 5.78 Å². The summed E-state index contributed by atoms with van der Waals surface area (Å²) in [7, 11) is 0. The molecule has 0 aliphatic rings. The van der Waals surface area contributed by atoms with E-state index >= 15 is 0 Å². The molecule has 3 heteroatoms. The third-order valence-electron chi connectivity index (χ3n) is 1.21. The summed E-state index contributed by atoms with van der Waals surface area (Å²) in [6.45, 7) is 1.46. The number of Topliss-reactive ketones (excluding diaryl/α,β-unsaturated/α-hetero) is 1. The van der Waals surface area contributed by atoms with E-state index in [1.807, 2.05) is 0 Å². The van der Waals surface area contributed by atoms with Crippen molar-refractivity contribution in [2.45, 2.75) is 6.92 Å². The predicted molar refractivity (Wildman–Crippen MR) is 48.0 cm³/mol. The van der Waals surface area contributed by atoms with Gasteiger partial charge in [-0.15, -0.1) is 0 Å². The molecular weight excluding hydrogens is 227 g/mol. The van der Waals surface area contributed by atoms with Crippen LogP contribution in [0, 0.1) is 6.07 Å². The van der Waals surface area contributed by atoms with E-state index in [1.54, 1.807) is 12.1 Å². The fourth-order valence-electron chi connectivity index (χ4n) is 0.715. The van der Waals surface area contributed by atoms with Crippen LogP contribution in [0.4, 0.5) is 0 Å². The molecule has 0 N–H and O–H groups in total. The van der Waals surface area contributed by atoms with E-state index in [2.05, 4.69) is 22.0 Å². The maximum atomic E-state index is 10.8. The highest BCUT2D eigenvalue weighted by Crippen LogP contribution is 2.20. The molecule has 0 bridgehead atoms. The second-order valence-electron chi connectivity index (χ2n) is 2.10. The highest BCUT2D eigenvalue weighted by atomic mass is 79.9. The van der Waals surface area contributed by atoms with Crippen molar-refractivity contribution in [1.29, 1.82) is 0 Å². The molecule has 0 unspecified atom stereocenters. The Morgan fingerprint density at radius 1 is 1.73 bits per heavy atom. The number of hydrogen-bond acceptors (Lipinski definition) is 1. The van der Waals surface area contributed by atoms with Crippen molar-refractivity contribution < 1.29 is 4.79 Å². The SMILES string of the molecule is CC(=O)c1[c]cc(Br)cc1Cl. The summed E-state index contributed by atoms with van der Waals surface area (Å²) in [5.74, 6) is -0.0671. The van der Waals surface area contributed by atoms with Crippen LogP contribution in [0.25, 0.3) is 0 Å². The van der Waals surface area contributed by atoms with Gasteiger partial charge in [-0.05, 0) is 25.1 Å². The van der Waals surface area contributed by atoms with Crippen molar-refractivity contribution in [3.8, 4) is 0 Å². The van der Waals surface area contributed by atoms with Crippen molar-refractivity contribution in [1.82, 2.24) is 0 Å². The fraction of sp³-hybridized carbons (Fsp3) is 0.125. The summed E-state index contributed by atoms with van der Waals surface area (Å²) in [6.07, 6.45) is 0. The van der Waals surface area contributed by atoms with Gasteiger partial charge in [-0.3, -0.25) is 4.79 Å². The third-order valence-corrected chi connectivity index (χ3v) is 1.97. The van der Waals surface area contributed by atoms with Crippen LogP contribution in [0.2, 0.25) is 5.02 Å². The van der Waals surface area contributed by atoms with Crippen LogP contribution < -0.4 is 0 Å². The van der Waals surface area contributed by atoms with Crippen LogP contribution in [0.5, 0.6) is 0 Å². The molecule has 1 radical (unpaired) electrons. The molecule has 1 aromatic carbocycles. The first kappa shape index (κ1) is 8.75. The fourth-order valence-corrected chi connectivity index (χ4v) is 1.50. The highest BCUT2D eigenvalue weighted by Gasteiger charge is 2.04. The first-order valence-corrected chi connectivity index (χ1v) is 4.16. The third kappa shape index (κ3) is 2.04. The number of halogens is 2. The Bertz CT molecular complexity index is 296. The van der Waals surface area contributed by atoms with Crippen LogP contribution >= 0.6 is 27.5 Å². The Labute approximate surface area is 78.5 Å². The number of carbonyl (C=O) groups excluding carboxylic acids is 1. The van der Waals surface area contributed by atoms with Gasteiger partial charge in [-0.1, -0.05) is 27.5 Å². The maximum absolute atomic E-state index is 10.8. The minimum atomic E-state index is -0.0671. The van der Waals surface area contributed by atoms with E-state index in [9.17, 15) is 4.79 Å². The van der Waals surface area contributed by atoms with E-state index in [0.29, 0.717) is 10.6 Å². The second-order valence-corrected chi connectivity index (χ2v) is 3.42. The topological polar surface area (TPSA) is 17.1 Å². The zero-order valence-corrected chi connectivity index (χ0v) is 8.16. The van der Waals surface area contributed by atoms with Crippen LogP contribution in [0.1, 0.15) is 17.3 Å². The van der Waals surface area contributed by atoms with Gasteiger partial charge < -0.3 is 0 Å². The molecule has 0 aliphatic carbocycles. The molecule has 0 heterocycles. The quantitative estimate of drug-likeness (QED) is 0.680. The van der Waals surface area contributed by atoms with Crippen molar-refractivity contribution in [3.63, 3.8) is 0 Å². The number of carbonyl (C=O) groups is 1. The first-order valence-electron chi connectivity index (χ1n) is 2.99. The minimum absolute atomic E-state index is 0.0671. The number of rotatable bonds is 1. The van der Waals surface area contributed by atoms with Gasteiger partial charge in [0.05, 0.1) is 5.02 Å². The molecule has 0 saturated heterocycles. The summed E-state index contributed by atoms with van der Waals surface area (Å²) in [6, 6.07) is 6.12. The largest absolute Gasteiger partial charge is 0.294 e. The Morgan fingerprint density at radius 3 is 2.82 bits per heavy atom. The van der Waals surface area contributed by atoms with Gasteiger partial charge in [0, 0.05) is 10.0 Å². The van der Waals surface area contributed by atoms with Crippen LogP contribution in [-0.4, -0.2) is 5.78 Å². The van der Waals surface area contributed by atoms with Crippen LogP contribution in [0.15, 0.2) is 16.6 Å². The maximum Gasteiger partial charge on any atom is 0.161 e. The van der Waals surface area contributed by atoms with Gasteiger partial charge in [-0.2, -0.15) is 0 Å². The Morgan fingerprint density at radius 2 is 2.36 bits per heavy atom. The monoisotopic (exact) mass is 231 g/mol. The second kappa shape index (κ2) is 3.37. The van der Waals surface area contributed by atoms with Gasteiger partial charge in [-0.25, -0.2) is 0 Å². The Kier molecular flexibility index (Phi) is 2.68. The van der Waals surface area contributed by atoms with E-state index in [1.165, 1.54) is 6.92 Å². The van der Waals surface area contributed by atoms with E-state index in [-0.39, 0.29) is 5.78 Å².